The van der Waals surface area contributed by atoms with Crippen molar-refractivity contribution in [2.75, 3.05) is 5.32 Å². The highest BCUT2D eigenvalue weighted by atomic mass is 35.5. The maximum absolute atomic E-state index is 12.8. The van der Waals surface area contributed by atoms with E-state index in [4.69, 9.17) is 16.3 Å². The van der Waals surface area contributed by atoms with Crippen LogP contribution in [0.25, 0.3) is 0 Å². The summed E-state index contributed by atoms with van der Waals surface area (Å²) >= 11 is 7.53. The molecule has 1 N–H and O–H groups in total. The molecule has 2 amide bonds. The minimum Gasteiger partial charge on any atom is -0.481 e. The molecular weight excluding hydrogens is 420 g/mol. The minimum atomic E-state index is -0.585. The fraction of sp³-hybridized carbons (Fsp3) is 0.217. The summed E-state index contributed by atoms with van der Waals surface area (Å²) in [6, 6.07) is 16.8. The summed E-state index contributed by atoms with van der Waals surface area (Å²) in [4.78, 5) is 27.9. The molecule has 5 nitrogen and oxygen atoms in total. The van der Waals surface area contributed by atoms with Crippen molar-refractivity contribution in [1.82, 2.24) is 4.90 Å². The van der Waals surface area contributed by atoms with Crippen LogP contribution in [0, 0.1) is 0 Å². The van der Waals surface area contributed by atoms with Gasteiger partial charge in [-0.1, -0.05) is 29.8 Å². The molecule has 0 spiro atoms. The predicted molar refractivity (Wildman–Crippen MR) is 119 cm³/mol. The number of carbonyl (C=O) groups excluding carboxylic acids is 2. The van der Waals surface area contributed by atoms with E-state index < -0.39 is 6.10 Å². The molecule has 0 radical (unpaired) electrons. The Morgan fingerprint density at radius 3 is 2.77 bits per heavy atom. The number of halogens is 1. The predicted octanol–water partition coefficient (Wildman–Crippen LogP) is 4.89. The van der Waals surface area contributed by atoms with E-state index in [0.29, 0.717) is 36.0 Å². The van der Waals surface area contributed by atoms with E-state index in [1.165, 1.54) is 0 Å². The zero-order valence-corrected chi connectivity index (χ0v) is 18.0. The third kappa shape index (κ3) is 4.83. The lowest BCUT2D eigenvalue weighted by Crippen LogP contribution is -2.37. The van der Waals surface area contributed by atoms with Gasteiger partial charge in [0.1, 0.15) is 5.75 Å². The van der Waals surface area contributed by atoms with Crippen molar-refractivity contribution in [2.24, 2.45) is 0 Å². The van der Waals surface area contributed by atoms with E-state index in [9.17, 15) is 9.59 Å². The molecule has 1 aliphatic rings. The molecule has 154 valence electrons. The molecule has 0 fully saturated rings. The number of ether oxygens (including phenoxy) is 1. The molecule has 7 heteroatoms. The Morgan fingerprint density at radius 1 is 1.23 bits per heavy atom. The zero-order valence-electron chi connectivity index (χ0n) is 16.4. The Morgan fingerprint density at radius 2 is 2.03 bits per heavy atom. The van der Waals surface area contributed by atoms with E-state index in [2.05, 4.69) is 5.32 Å². The van der Waals surface area contributed by atoms with Gasteiger partial charge in [0.25, 0.3) is 5.91 Å². The number of hydrogen-bond donors (Lipinski definition) is 1. The van der Waals surface area contributed by atoms with Gasteiger partial charge in [0, 0.05) is 34.2 Å². The number of nitrogens with zero attached hydrogens (tertiary/aromatic N) is 1. The average molecular weight is 441 g/mol. The van der Waals surface area contributed by atoms with Crippen LogP contribution in [-0.2, 0) is 29.1 Å². The molecule has 1 aromatic heterocycles. The Kier molecular flexibility index (Phi) is 6.06. The Balaban J connectivity index is 1.52. The second kappa shape index (κ2) is 8.90. The van der Waals surface area contributed by atoms with Crippen LogP contribution in [0.5, 0.6) is 5.75 Å². The molecular formula is C23H21ClN2O3S. The number of nitrogens with one attached hydrogen (secondary N) is 1. The van der Waals surface area contributed by atoms with Gasteiger partial charge in [-0.15, -0.1) is 11.3 Å². The highest BCUT2D eigenvalue weighted by Gasteiger charge is 2.28. The topological polar surface area (TPSA) is 58.6 Å². The van der Waals surface area contributed by atoms with Crippen LogP contribution in [0.3, 0.4) is 0 Å². The summed E-state index contributed by atoms with van der Waals surface area (Å²) in [5, 5.41) is 5.55. The lowest BCUT2D eigenvalue weighted by atomic mass is 10.1. The zero-order chi connectivity index (χ0) is 21.1. The van der Waals surface area contributed by atoms with Gasteiger partial charge in [0.05, 0.1) is 6.42 Å². The number of benzene rings is 2. The smallest absolute Gasteiger partial charge is 0.263 e. The van der Waals surface area contributed by atoms with E-state index in [1.54, 1.807) is 29.2 Å². The fourth-order valence-corrected chi connectivity index (χ4v) is 4.23. The van der Waals surface area contributed by atoms with Crippen LogP contribution in [0.1, 0.15) is 22.9 Å². The molecule has 2 heterocycles. The summed E-state index contributed by atoms with van der Waals surface area (Å²) in [6.07, 6.45) is -0.249. The van der Waals surface area contributed by atoms with Crippen LogP contribution in [0.4, 0.5) is 5.69 Å². The van der Waals surface area contributed by atoms with Gasteiger partial charge in [-0.25, -0.2) is 0 Å². The van der Waals surface area contributed by atoms with Gasteiger partial charge in [-0.2, -0.15) is 0 Å². The maximum Gasteiger partial charge on any atom is 0.263 e. The van der Waals surface area contributed by atoms with Crippen molar-refractivity contribution in [3.63, 3.8) is 0 Å². The van der Waals surface area contributed by atoms with Crippen molar-refractivity contribution >= 4 is 40.4 Å². The molecule has 0 aliphatic carbocycles. The molecule has 2 aromatic carbocycles. The van der Waals surface area contributed by atoms with Gasteiger partial charge in [-0.05, 0) is 54.3 Å². The van der Waals surface area contributed by atoms with Gasteiger partial charge in [0.2, 0.25) is 5.91 Å². The van der Waals surface area contributed by atoms with Crippen molar-refractivity contribution in [2.45, 2.75) is 32.5 Å². The normalized spacial score (nSPS) is 15.9. The van der Waals surface area contributed by atoms with Gasteiger partial charge >= 0.3 is 0 Å². The van der Waals surface area contributed by atoms with Crippen LogP contribution >= 0.6 is 22.9 Å². The molecule has 3 aromatic rings. The maximum atomic E-state index is 12.8. The molecule has 0 unspecified atom stereocenters. The lowest BCUT2D eigenvalue weighted by Gasteiger charge is -2.22. The highest BCUT2D eigenvalue weighted by Crippen LogP contribution is 2.29. The SMILES string of the molecule is C[C@@H]1Oc2ccc(NC(=O)Cc3cccs3)cc2CN(Cc2ccc(Cl)cc2)C1=O. The van der Waals surface area contributed by atoms with E-state index in [1.807, 2.05) is 53.9 Å². The van der Waals surface area contributed by atoms with Crippen LogP contribution in [-0.4, -0.2) is 22.8 Å². The summed E-state index contributed by atoms with van der Waals surface area (Å²) in [5.74, 6) is 0.504. The molecule has 0 bridgehead atoms. The first-order chi connectivity index (χ1) is 14.5. The third-order valence-corrected chi connectivity index (χ3v) is 6.00. The summed E-state index contributed by atoms with van der Waals surface area (Å²) in [5.41, 5.74) is 2.53. The molecule has 1 aliphatic heterocycles. The Labute approximate surface area is 184 Å². The monoisotopic (exact) mass is 440 g/mol. The van der Waals surface area contributed by atoms with Gasteiger partial charge in [-0.3, -0.25) is 9.59 Å². The van der Waals surface area contributed by atoms with Crippen LogP contribution < -0.4 is 10.1 Å². The summed E-state index contributed by atoms with van der Waals surface area (Å²) in [7, 11) is 0. The molecule has 30 heavy (non-hydrogen) atoms. The number of carbonyl (C=O) groups is 2. The fourth-order valence-electron chi connectivity index (χ4n) is 3.40. The molecule has 4 rings (SSSR count). The Hall–Kier alpha value is -2.83. The number of fused-ring (bicyclic) bond motifs is 1. The number of rotatable bonds is 5. The quantitative estimate of drug-likeness (QED) is 0.614. The average Bonchev–Trinajstić information content (AvgIpc) is 3.19. The number of amides is 2. The standard InChI is InChI=1S/C23H21ClN2O3S/c1-15-23(28)26(13-16-4-6-18(24)7-5-16)14-17-11-19(8-9-21(17)29-15)25-22(27)12-20-3-2-10-30-20/h2-11,15H,12-14H2,1H3,(H,25,27)/t15-/m0/s1. The first-order valence-corrected chi connectivity index (χ1v) is 10.9. The highest BCUT2D eigenvalue weighted by molar-refractivity contribution is 7.10. The van der Waals surface area contributed by atoms with E-state index in [-0.39, 0.29) is 11.8 Å². The lowest BCUT2D eigenvalue weighted by molar-refractivity contribution is -0.138. The molecule has 1 atom stereocenters. The van der Waals surface area contributed by atoms with Crippen molar-refractivity contribution in [3.8, 4) is 5.75 Å². The van der Waals surface area contributed by atoms with Gasteiger partial charge in [0.15, 0.2) is 6.10 Å². The van der Waals surface area contributed by atoms with E-state index >= 15 is 0 Å². The Bertz CT molecular complexity index is 1050. The largest absolute Gasteiger partial charge is 0.481 e. The number of thiophene rings is 1. The molecule has 0 saturated carbocycles. The first kappa shape index (κ1) is 20.4. The first-order valence-electron chi connectivity index (χ1n) is 9.63. The third-order valence-electron chi connectivity index (χ3n) is 4.87. The van der Waals surface area contributed by atoms with Crippen molar-refractivity contribution in [1.29, 1.82) is 0 Å². The second-order valence-electron chi connectivity index (χ2n) is 7.21. The van der Waals surface area contributed by atoms with Crippen LogP contribution in [0.15, 0.2) is 60.0 Å². The van der Waals surface area contributed by atoms with E-state index in [0.717, 1.165) is 16.0 Å². The summed E-state index contributed by atoms with van der Waals surface area (Å²) < 4.78 is 5.88. The molecule has 0 saturated heterocycles. The van der Waals surface area contributed by atoms with Crippen molar-refractivity contribution < 1.29 is 14.3 Å². The second-order valence-corrected chi connectivity index (χ2v) is 8.68. The van der Waals surface area contributed by atoms with Crippen LogP contribution in [0.2, 0.25) is 5.02 Å². The summed E-state index contributed by atoms with van der Waals surface area (Å²) in [6.45, 7) is 2.61. The van der Waals surface area contributed by atoms with Gasteiger partial charge < -0.3 is 15.0 Å². The number of hydrogen-bond acceptors (Lipinski definition) is 4. The number of anilines is 1. The minimum absolute atomic E-state index is 0.0746. The van der Waals surface area contributed by atoms with Crippen molar-refractivity contribution in [3.05, 3.63) is 81.0 Å².